The molecule has 0 unspecified atom stereocenters. The van der Waals surface area contributed by atoms with Gasteiger partial charge in [-0.05, 0) is 29.8 Å². The summed E-state index contributed by atoms with van der Waals surface area (Å²) in [5, 5.41) is 3.13. The first-order chi connectivity index (χ1) is 10.6. The Bertz CT molecular complexity index is 644. The minimum absolute atomic E-state index is 0.224. The number of primary amides is 1. The van der Waals surface area contributed by atoms with Crippen molar-refractivity contribution < 1.29 is 14.3 Å². The van der Waals surface area contributed by atoms with E-state index in [-0.39, 0.29) is 6.61 Å². The Balaban J connectivity index is 1.94. The molecule has 0 aliphatic heterocycles. The van der Waals surface area contributed by atoms with Crippen LogP contribution in [0, 0.1) is 0 Å². The number of ether oxygens (including phenoxy) is 1. The van der Waals surface area contributed by atoms with Crippen LogP contribution in [0.5, 0.6) is 5.75 Å². The summed E-state index contributed by atoms with van der Waals surface area (Å²) in [5.74, 6) is -0.566. The van der Waals surface area contributed by atoms with E-state index >= 15 is 0 Å². The van der Waals surface area contributed by atoms with E-state index in [1.165, 1.54) is 0 Å². The number of nitrogens with one attached hydrogen (secondary N) is 1. The third-order valence-corrected chi connectivity index (χ3v) is 3.16. The van der Waals surface area contributed by atoms with E-state index in [2.05, 4.69) is 5.32 Å². The summed E-state index contributed by atoms with van der Waals surface area (Å²) in [6.07, 6.45) is 0. The number of carbonyl (C=O) groups is 2. The topological polar surface area (TPSA) is 81.4 Å². The van der Waals surface area contributed by atoms with E-state index in [4.69, 9.17) is 22.1 Å². The van der Waals surface area contributed by atoms with E-state index < -0.39 is 17.9 Å². The third kappa shape index (κ3) is 4.49. The molecule has 2 rings (SSSR count). The highest BCUT2D eigenvalue weighted by Gasteiger charge is 2.20. The number of rotatable bonds is 6. The molecular formula is C16H15ClN2O3. The van der Waals surface area contributed by atoms with Crippen molar-refractivity contribution in [2.45, 2.75) is 6.04 Å². The molecule has 114 valence electrons. The van der Waals surface area contributed by atoms with Crippen LogP contribution in [0.4, 0.5) is 0 Å². The molecular weight excluding hydrogens is 304 g/mol. The molecule has 3 N–H and O–H groups in total. The van der Waals surface area contributed by atoms with E-state index in [0.717, 1.165) is 0 Å². The van der Waals surface area contributed by atoms with Crippen molar-refractivity contribution in [2.75, 3.05) is 6.61 Å². The molecule has 0 fully saturated rings. The molecule has 0 aliphatic rings. The number of carbonyl (C=O) groups excluding carboxylic acids is 2. The third-order valence-electron chi connectivity index (χ3n) is 2.91. The van der Waals surface area contributed by atoms with Crippen LogP contribution in [-0.2, 0) is 9.59 Å². The molecule has 2 amide bonds. The van der Waals surface area contributed by atoms with Gasteiger partial charge in [-0.3, -0.25) is 9.59 Å². The highest BCUT2D eigenvalue weighted by atomic mass is 35.5. The highest BCUT2D eigenvalue weighted by Crippen LogP contribution is 2.16. The summed E-state index contributed by atoms with van der Waals surface area (Å²) < 4.78 is 5.32. The Morgan fingerprint density at radius 3 is 2.32 bits per heavy atom. The molecule has 0 aliphatic carbocycles. The number of nitrogens with two attached hydrogens (primary N) is 1. The molecule has 0 heterocycles. The molecule has 2 aromatic carbocycles. The van der Waals surface area contributed by atoms with Gasteiger partial charge in [-0.2, -0.15) is 0 Å². The number of hydrogen-bond acceptors (Lipinski definition) is 3. The van der Waals surface area contributed by atoms with Crippen LogP contribution >= 0.6 is 11.6 Å². The van der Waals surface area contributed by atoms with Crippen LogP contribution < -0.4 is 15.8 Å². The number of hydrogen-bond donors (Lipinski definition) is 2. The number of benzene rings is 2. The van der Waals surface area contributed by atoms with E-state index in [9.17, 15) is 9.59 Å². The van der Waals surface area contributed by atoms with Crippen molar-refractivity contribution in [2.24, 2.45) is 5.73 Å². The second kappa shape index (κ2) is 7.47. The standard InChI is InChI=1S/C16H15ClN2O3/c17-12-6-8-13(9-7-12)22-10-14(20)19-15(16(18)21)11-4-2-1-3-5-11/h1-9,15H,10H2,(H2,18,21)(H,19,20)/t15-/m1/s1. The summed E-state index contributed by atoms with van der Waals surface area (Å²) in [6.45, 7) is -0.224. The Kier molecular flexibility index (Phi) is 5.38. The molecule has 0 bridgehead atoms. The van der Waals surface area contributed by atoms with Crippen LogP contribution in [-0.4, -0.2) is 18.4 Å². The van der Waals surface area contributed by atoms with Gasteiger partial charge in [0.1, 0.15) is 11.8 Å². The Morgan fingerprint density at radius 1 is 1.09 bits per heavy atom. The molecule has 22 heavy (non-hydrogen) atoms. The monoisotopic (exact) mass is 318 g/mol. The largest absolute Gasteiger partial charge is 0.484 e. The summed E-state index contributed by atoms with van der Waals surface area (Å²) in [7, 11) is 0. The van der Waals surface area contributed by atoms with Crippen molar-refractivity contribution in [3.63, 3.8) is 0 Å². The molecule has 0 aromatic heterocycles. The average Bonchev–Trinajstić information content (AvgIpc) is 2.52. The Morgan fingerprint density at radius 2 is 1.73 bits per heavy atom. The van der Waals surface area contributed by atoms with E-state index in [1.807, 2.05) is 6.07 Å². The summed E-state index contributed by atoms with van der Waals surface area (Å²) >= 11 is 5.76. The lowest BCUT2D eigenvalue weighted by Gasteiger charge is -2.16. The maximum atomic E-state index is 11.9. The molecule has 0 radical (unpaired) electrons. The molecule has 2 aromatic rings. The smallest absolute Gasteiger partial charge is 0.258 e. The lowest BCUT2D eigenvalue weighted by molar-refractivity contribution is -0.128. The minimum Gasteiger partial charge on any atom is -0.484 e. The highest BCUT2D eigenvalue weighted by molar-refractivity contribution is 6.30. The molecule has 0 spiro atoms. The van der Waals surface area contributed by atoms with Crippen molar-refractivity contribution in [3.05, 3.63) is 65.2 Å². The molecule has 0 saturated carbocycles. The average molecular weight is 319 g/mol. The first-order valence-electron chi connectivity index (χ1n) is 6.58. The Labute approximate surface area is 133 Å². The Hall–Kier alpha value is -2.53. The predicted molar refractivity (Wildman–Crippen MR) is 83.5 cm³/mol. The van der Waals surface area contributed by atoms with Gasteiger partial charge in [0, 0.05) is 5.02 Å². The predicted octanol–water partition coefficient (Wildman–Crippen LogP) is 2.06. The van der Waals surface area contributed by atoms with Crippen molar-refractivity contribution in [3.8, 4) is 5.75 Å². The first-order valence-corrected chi connectivity index (χ1v) is 6.96. The van der Waals surface area contributed by atoms with Crippen molar-refractivity contribution in [1.82, 2.24) is 5.32 Å². The number of amides is 2. The summed E-state index contributed by atoms with van der Waals surface area (Å²) in [6, 6.07) is 14.5. The maximum Gasteiger partial charge on any atom is 0.258 e. The van der Waals surface area contributed by atoms with Gasteiger partial charge < -0.3 is 15.8 Å². The van der Waals surface area contributed by atoms with Crippen LogP contribution in [0.1, 0.15) is 11.6 Å². The lowest BCUT2D eigenvalue weighted by atomic mass is 10.1. The fourth-order valence-corrected chi connectivity index (χ4v) is 1.97. The van der Waals surface area contributed by atoms with Gasteiger partial charge in [-0.15, -0.1) is 0 Å². The minimum atomic E-state index is -0.887. The molecule has 6 heteroatoms. The SMILES string of the molecule is NC(=O)[C@H](NC(=O)COc1ccc(Cl)cc1)c1ccccc1. The van der Waals surface area contributed by atoms with Crippen molar-refractivity contribution >= 4 is 23.4 Å². The normalized spacial score (nSPS) is 11.5. The summed E-state index contributed by atoms with van der Waals surface area (Å²) in [5.41, 5.74) is 5.95. The van der Waals surface area contributed by atoms with Gasteiger partial charge in [0.05, 0.1) is 0 Å². The van der Waals surface area contributed by atoms with Gasteiger partial charge >= 0.3 is 0 Å². The number of halogens is 1. The van der Waals surface area contributed by atoms with Crippen LogP contribution in [0.25, 0.3) is 0 Å². The van der Waals surface area contributed by atoms with Gasteiger partial charge in [0.25, 0.3) is 5.91 Å². The molecule has 0 saturated heterocycles. The van der Waals surface area contributed by atoms with Crippen LogP contribution in [0.2, 0.25) is 5.02 Å². The zero-order chi connectivity index (χ0) is 15.9. The fraction of sp³-hybridized carbons (Fsp3) is 0.125. The van der Waals surface area contributed by atoms with Gasteiger partial charge in [0.2, 0.25) is 5.91 Å². The fourth-order valence-electron chi connectivity index (χ4n) is 1.85. The molecule has 1 atom stereocenters. The zero-order valence-electron chi connectivity index (χ0n) is 11.7. The van der Waals surface area contributed by atoms with Crippen LogP contribution in [0.3, 0.4) is 0 Å². The van der Waals surface area contributed by atoms with E-state index in [0.29, 0.717) is 16.3 Å². The van der Waals surface area contributed by atoms with Crippen molar-refractivity contribution in [1.29, 1.82) is 0 Å². The van der Waals surface area contributed by atoms with Gasteiger partial charge in [0.15, 0.2) is 6.61 Å². The quantitative estimate of drug-likeness (QED) is 0.855. The summed E-state index contributed by atoms with van der Waals surface area (Å²) in [4.78, 5) is 23.4. The first kappa shape index (κ1) is 15.9. The van der Waals surface area contributed by atoms with Crippen LogP contribution in [0.15, 0.2) is 54.6 Å². The second-order valence-electron chi connectivity index (χ2n) is 4.56. The second-order valence-corrected chi connectivity index (χ2v) is 4.99. The van der Waals surface area contributed by atoms with E-state index in [1.54, 1.807) is 48.5 Å². The lowest BCUT2D eigenvalue weighted by Crippen LogP contribution is -2.39. The maximum absolute atomic E-state index is 11.9. The molecule has 5 nitrogen and oxygen atoms in total. The van der Waals surface area contributed by atoms with Gasteiger partial charge in [-0.25, -0.2) is 0 Å². The van der Waals surface area contributed by atoms with Gasteiger partial charge in [-0.1, -0.05) is 41.9 Å². The zero-order valence-corrected chi connectivity index (χ0v) is 12.4.